The maximum atomic E-state index is 9.98. The number of benzene rings is 9. The molecule has 0 aliphatic carbocycles. The van der Waals surface area contributed by atoms with Gasteiger partial charge in [0.05, 0.1) is 0 Å². The van der Waals surface area contributed by atoms with Crippen molar-refractivity contribution in [3.63, 3.8) is 0 Å². The second kappa shape index (κ2) is 18.8. The SMILES string of the molecule is C1=CC2=c3ccc4n3P3(O[Si](c5ccccc5)(c5ccccc5)c5ccccc5)(O[Si](c5ccccc5)(c5ccccc5)c5ccccc5)n5c(ccc5C(c5ccccc5)=c5ccc(n53)=C(c3ccccc3)C1=N2)C=4c1ccccc1. The van der Waals surface area contributed by atoms with Crippen molar-refractivity contribution in [3.8, 4) is 0 Å². The van der Waals surface area contributed by atoms with Gasteiger partial charge in [0.25, 0.3) is 0 Å². The van der Waals surface area contributed by atoms with Crippen LogP contribution in [0.5, 0.6) is 0 Å². The Hall–Kier alpha value is -9.51. The predicted octanol–water partition coefficient (Wildman–Crippen LogP) is 8.98. The van der Waals surface area contributed by atoms with Gasteiger partial charge in [0, 0.05) is 0 Å². The summed E-state index contributed by atoms with van der Waals surface area (Å²) in [4.78, 5) is 5.82. The summed E-state index contributed by atoms with van der Waals surface area (Å²) in [5, 5.41) is 10.2. The molecule has 0 amide bonds. The molecule has 4 aliphatic rings. The zero-order valence-corrected chi connectivity index (χ0v) is 47.5. The van der Waals surface area contributed by atoms with Gasteiger partial charge in [-0.05, 0) is 0 Å². The molecule has 2 bridgehead atoms. The van der Waals surface area contributed by atoms with E-state index in [1.54, 1.807) is 0 Å². The van der Waals surface area contributed by atoms with E-state index in [0.717, 1.165) is 109 Å². The van der Waals surface area contributed by atoms with Gasteiger partial charge in [-0.1, -0.05) is 0 Å². The number of hydrogen-bond acceptors (Lipinski definition) is 3. The Morgan fingerprint density at radius 2 is 0.549 bits per heavy atom. The van der Waals surface area contributed by atoms with Crippen molar-refractivity contribution < 1.29 is 8.43 Å². The molecule has 9 aromatic carbocycles. The molecule has 0 atom stereocenters. The molecule has 7 heterocycles. The minimum absolute atomic E-state index is 0.818. The van der Waals surface area contributed by atoms with Crippen LogP contribution >= 0.6 is 7.51 Å². The monoisotopic (exact) mass is 1100 g/mol. The molecular formula is C73H53N4O2PSi2. The van der Waals surface area contributed by atoms with Crippen LogP contribution in [0.1, 0.15) is 28.1 Å². The zero-order valence-electron chi connectivity index (χ0n) is 44.7. The molecule has 0 N–H and O–H groups in total. The van der Waals surface area contributed by atoms with Crippen LogP contribution in [0.15, 0.2) is 327 Å². The van der Waals surface area contributed by atoms with E-state index < -0.39 is 24.1 Å². The van der Waals surface area contributed by atoms with Crippen LogP contribution < -0.4 is 52.5 Å². The van der Waals surface area contributed by atoms with Gasteiger partial charge in [0.2, 0.25) is 0 Å². The molecule has 82 heavy (non-hydrogen) atoms. The Kier molecular flexibility index (Phi) is 11.1. The standard InChI is InChI=1S/C73H53N4O2PSi2/c1-10-28-54(29-11-1)71-64-47-46-63(74-64)65-48-49-67-72(55-30-12-2-13-31-55)69-52-53-70-73(56-32-14-3-15-33-56)68-51-50-66(71)76(68)80(75(65)67,77(69)70,78-81(57-34-16-4-17-35-57,58-36-18-5-19-37-58)59-38-20-6-21-39-59)79-82(60-40-22-7-23-41-60,61-42-24-8-25-43-61)62-44-26-9-27-45-62/h1-53H. The molecular weight excluding hydrogens is 1050 g/mol. The maximum absolute atomic E-state index is 9.98. The summed E-state index contributed by atoms with van der Waals surface area (Å²) in [6.07, 6.45) is 4.41. The molecule has 0 spiro atoms. The molecule has 3 aromatic heterocycles. The van der Waals surface area contributed by atoms with Crippen molar-refractivity contribution in [2.75, 3.05) is 0 Å². The summed E-state index contributed by atoms with van der Waals surface area (Å²) >= 11 is 0. The first kappa shape index (κ1) is 48.4. The number of aromatic nitrogens is 3. The van der Waals surface area contributed by atoms with Crippen LogP contribution in [-0.2, 0) is 8.43 Å². The van der Waals surface area contributed by atoms with E-state index in [4.69, 9.17) is 4.99 Å². The summed E-state index contributed by atoms with van der Waals surface area (Å²) in [5.41, 5.74) is 9.92. The van der Waals surface area contributed by atoms with Crippen LogP contribution in [0.3, 0.4) is 0 Å². The van der Waals surface area contributed by atoms with Crippen LogP contribution in [0.4, 0.5) is 0 Å². The Morgan fingerprint density at radius 1 is 0.268 bits per heavy atom. The van der Waals surface area contributed by atoms with Crippen LogP contribution in [0, 0.1) is 0 Å². The van der Waals surface area contributed by atoms with E-state index in [1.807, 2.05) is 0 Å². The predicted molar refractivity (Wildman–Crippen MR) is 340 cm³/mol. The summed E-state index contributed by atoms with van der Waals surface area (Å²) in [7, 11) is -13.9. The molecule has 0 saturated heterocycles. The number of nitrogens with zero attached hydrogens (tertiary/aromatic N) is 4. The summed E-state index contributed by atoms with van der Waals surface area (Å²) in [5.74, 6) is 0. The van der Waals surface area contributed by atoms with Gasteiger partial charge in [-0.15, -0.1) is 0 Å². The molecule has 12 aromatic rings. The first-order valence-corrected chi connectivity index (χ1v) is 33.7. The number of aliphatic imine (C=N–C) groups is 1. The molecule has 0 fully saturated rings. The first-order valence-electron chi connectivity index (χ1n) is 28.0. The van der Waals surface area contributed by atoms with Crippen molar-refractivity contribution >= 4 is 83.4 Å². The average Bonchev–Trinajstić information content (AvgIpc) is 1.31. The second-order valence-electron chi connectivity index (χ2n) is 21.3. The van der Waals surface area contributed by atoms with E-state index in [0.29, 0.717) is 0 Å². The van der Waals surface area contributed by atoms with Gasteiger partial charge in [-0.25, -0.2) is 0 Å². The van der Waals surface area contributed by atoms with E-state index in [9.17, 15) is 8.43 Å². The molecule has 390 valence electrons. The van der Waals surface area contributed by atoms with Crippen LogP contribution in [-0.4, -0.2) is 35.4 Å². The van der Waals surface area contributed by atoms with E-state index in [-0.39, 0.29) is 0 Å². The molecule has 0 unspecified atom stereocenters. The summed E-state index contributed by atoms with van der Waals surface area (Å²) in [6, 6.07) is 113. The topological polar surface area (TPSA) is 45.6 Å². The second-order valence-corrected chi connectivity index (χ2v) is 31.8. The fraction of sp³-hybridized carbons (Fsp3) is 0. The van der Waals surface area contributed by atoms with Gasteiger partial charge in [-0.3, -0.25) is 0 Å². The molecule has 4 aliphatic heterocycles. The number of hydrogen-bond donors (Lipinski definition) is 0. The Morgan fingerprint density at radius 3 is 0.890 bits per heavy atom. The Bertz CT molecular complexity index is 4460. The van der Waals surface area contributed by atoms with Gasteiger partial charge in [0.1, 0.15) is 0 Å². The van der Waals surface area contributed by atoms with Crippen molar-refractivity contribution in [2.24, 2.45) is 4.99 Å². The van der Waals surface area contributed by atoms with Crippen molar-refractivity contribution in [1.29, 1.82) is 0 Å². The Labute approximate surface area is 478 Å². The van der Waals surface area contributed by atoms with E-state index in [2.05, 4.69) is 335 Å². The minimum atomic E-state index is -5.71. The average molecular weight is 1110 g/mol. The van der Waals surface area contributed by atoms with Crippen LogP contribution in [0.2, 0.25) is 0 Å². The number of rotatable bonds is 13. The zero-order chi connectivity index (χ0) is 54.3. The Balaban J connectivity index is 1.28. The fourth-order valence-electron chi connectivity index (χ4n) is 13.6. The third kappa shape index (κ3) is 6.76. The quantitative estimate of drug-likeness (QED) is 0.0658. The van der Waals surface area contributed by atoms with E-state index >= 15 is 0 Å². The molecule has 16 rings (SSSR count). The molecule has 0 saturated carbocycles. The van der Waals surface area contributed by atoms with Gasteiger partial charge < -0.3 is 0 Å². The van der Waals surface area contributed by atoms with Crippen molar-refractivity contribution in [3.05, 3.63) is 371 Å². The fourth-order valence-corrected chi connectivity index (χ4v) is 32.2. The molecule has 0 radical (unpaired) electrons. The van der Waals surface area contributed by atoms with Crippen molar-refractivity contribution in [1.82, 2.24) is 13.0 Å². The third-order valence-corrected chi connectivity index (χ3v) is 31.9. The van der Waals surface area contributed by atoms with Gasteiger partial charge in [-0.2, -0.15) is 0 Å². The normalized spacial score (nSPS) is 15.6. The van der Waals surface area contributed by atoms with Crippen LogP contribution in [0.25, 0.3) is 22.4 Å². The van der Waals surface area contributed by atoms with E-state index in [1.165, 1.54) is 0 Å². The summed E-state index contributed by atoms with van der Waals surface area (Å²) in [6.45, 7) is 0. The molecule has 6 nitrogen and oxygen atoms in total. The number of fused-ring (bicyclic) bond motifs is 1. The number of allylic oxidation sites excluding steroid dienone is 1. The van der Waals surface area contributed by atoms with Gasteiger partial charge in [0.15, 0.2) is 0 Å². The summed E-state index contributed by atoms with van der Waals surface area (Å²) < 4.78 is 27.8. The van der Waals surface area contributed by atoms with Gasteiger partial charge >= 0.3 is 481 Å². The molecule has 9 heteroatoms. The van der Waals surface area contributed by atoms with Crippen molar-refractivity contribution in [2.45, 2.75) is 0 Å². The third-order valence-electron chi connectivity index (χ3n) is 16.9. The first-order chi connectivity index (χ1) is 40.6.